The summed E-state index contributed by atoms with van der Waals surface area (Å²) in [5, 5.41) is 12.7. The van der Waals surface area contributed by atoms with E-state index in [1.807, 2.05) is 0 Å². The van der Waals surface area contributed by atoms with Crippen molar-refractivity contribution in [2.75, 3.05) is 0 Å². The molecule has 4 aliphatic rings. The van der Waals surface area contributed by atoms with Crippen molar-refractivity contribution in [3.05, 3.63) is 0 Å². The predicted molar refractivity (Wildman–Crippen MR) is 58.9 cm³/mol. The number of nitrogens with one attached hydrogen (secondary N) is 1. The van der Waals surface area contributed by atoms with Crippen molar-refractivity contribution in [1.29, 1.82) is 0 Å². The number of carbonyl (C=O) groups is 1. The molecular formula is C13H19NO2. The zero-order valence-corrected chi connectivity index (χ0v) is 9.43. The maximum absolute atomic E-state index is 10.9. The van der Waals surface area contributed by atoms with Crippen LogP contribution in [0.4, 0.5) is 0 Å². The van der Waals surface area contributed by atoms with Gasteiger partial charge in [-0.1, -0.05) is 0 Å². The van der Waals surface area contributed by atoms with Crippen molar-refractivity contribution in [2.24, 2.45) is 29.6 Å². The minimum Gasteiger partial charge on any atom is -0.481 e. The first-order valence-electron chi connectivity index (χ1n) is 6.74. The molecule has 0 amide bonds. The van der Waals surface area contributed by atoms with E-state index < -0.39 is 5.97 Å². The molecule has 2 bridgehead atoms. The van der Waals surface area contributed by atoms with Crippen LogP contribution in [0.2, 0.25) is 0 Å². The average Bonchev–Trinajstić information content (AvgIpc) is 2.60. The Balaban J connectivity index is 1.39. The van der Waals surface area contributed by atoms with Crippen LogP contribution >= 0.6 is 0 Å². The molecule has 0 radical (unpaired) electrons. The molecule has 4 fully saturated rings. The highest BCUT2D eigenvalue weighted by Gasteiger charge is 2.65. The lowest BCUT2D eigenvalue weighted by Gasteiger charge is -2.35. The van der Waals surface area contributed by atoms with Crippen molar-refractivity contribution in [3.63, 3.8) is 0 Å². The first kappa shape index (κ1) is 9.46. The summed E-state index contributed by atoms with van der Waals surface area (Å²) in [4.78, 5) is 10.9. The highest BCUT2D eigenvalue weighted by atomic mass is 16.4. The number of rotatable bonds is 3. The Labute approximate surface area is 95.6 Å². The Morgan fingerprint density at radius 2 is 1.75 bits per heavy atom. The van der Waals surface area contributed by atoms with Gasteiger partial charge in [-0.15, -0.1) is 0 Å². The average molecular weight is 221 g/mol. The summed E-state index contributed by atoms with van der Waals surface area (Å²) in [6.45, 7) is 0. The van der Waals surface area contributed by atoms with Gasteiger partial charge in [0.25, 0.3) is 0 Å². The summed E-state index contributed by atoms with van der Waals surface area (Å²) in [5.41, 5.74) is 0. The second-order valence-electron chi connectivity index (χ2n) is 6.31. The molecule has 0 saturated heterocycles. The Morgan fingerprint density at radius 1 is 1.06 bits per heavy atom. The van der Waals surface area contributed by atoms with Crippen LogP contribution in [-0.4, -0.2) is 23.2 Å². The molecule has 0 aliphatic heterocycles. The van der Waals surface area contributed by atoms with Gasteiger partial charge in [0.2, 0.25) is 0 Å². The first-order chi connectivity index (χ1) is 7.75. The van der Waals surface area contributed by atoms with Gasteiger partial charge >= 0.3 is 5.97 Å². The maximum Gasteiger partial charge on any atom is 0.308 e. The van der Waals surface area contributed by atoms with Crippen molar-refractivity contribution in [1.82, 2.24) is 5.32 Å². The molecule has 0 spiro atoms. The number of hydrogen-bond donors (Lipinski definition) is 2. The van der Waals surface area contributed by atoms with Gasteiger partial charge in [0.1, 0.15) is 0 Å². The van der Waals surface area contributed by atoms with Crippen molar-refractivity contribution in [2.45, 2.75) is 44.2 Å². The SMILES string of the molecule is O=C(O)C1CCC1NC1C2C3CCC(C3)C12. The Kier molecular flexibility index (Phi) is 1.78. The summed E-state index contributed by atoms with van der Waals surface area (Å²) in [6, 6.07) is 0.978. The number of carboxylic acid groups (broad SMARTS) is 1. The monoisotopic (exact) mass is 221 g/mol. The van der Waals surface area contributed by atoms with Gasteiger partial charge in [-0.3, -0.25) is 4.79 Å². The van der Waals surface area contributed by atoms with Gasteiger partial charge in [-0.2, -0.15) is 0 Å². The second-order valence-corrected chi connectivity index (χ2v) is 6.31. The lowest BCUT2D eigenvalue weighted by Crippen LogP contribution is -2.49. The van der Waals surface area contributed by atoms with Crippen LogP contribution in [0.1, 0.15) is 32.1 Å². The molecule has 3 nitrogen and oxygen atoms in total. The van der Waals surface area contributed by atoms with E-state index in [1.54, 1.807) is 0 Å². The maximum atomic E-state index is 10.9. The summed E-state index contributed by atoms with van der Waals surface area (Å²) >= 11 is 0. The van der Waals surface area contributed by atoms with E-state index in [9.17, 15) is 4.79 Å². The third-order valence-corrected chi connectivity index (χ3v) is 5.73. The smallest absolute Gasteiger partial charge is 0.308 e. The fourth-order valence-corrected chi connectivity index (χ4v) is 4.79. The molecule has 16 heavy (non-hydrogen) atoms. The quantitative estimate of drug-likeness (QED) is 0.759. The molecule has 3 heteroatoms. The topological polar surface area (TPSA) is 49.3 Å². The third-order valence-electron chi connectivity index (χ3n) is 5.73. The first-order valence-corrected chi connectivity index (χ1v) is 6.74. The third kappa shape index (κ3) is 1.10. The van der Waals surface area contributed by atoms with Crippen molar-refractivity contribution in [3.8, 4) is 0 Å². The van der Waals surface area contributed by atoms with Gasteiger partial charge in [-0.05, 0) is 55.8 Å². The second kappa shape index (κ2) is 3.00. The lowest BCUT2D eigenvalue weighted by atomic mass is 9.79. The minimum atomic E-state index is -0.600. The summed E-state index contributed by atoms with van der Waals surface area (Å²) in [7, 11) is 0. The van der Waals surface area contributed by atoms with Crippen LogP contribution < -0.4 is 5.32 Å². The molecule has 6 unspecified atom stereocenters. The standard InChI is InChI=1S/C13H19NO2/c15-13(16)8-3-4-9(8)14-12-10-6-1-2-7(5-6)11(10)12/h6-12,14H,1-5H2,(H,15,16). The minimum absolute atomic E-state index is 0.0982. The van der Waals surface area contributed by atoms with Crippen molar-refractivity contribution >= 4 is 5.97 Å². The number of fused-ring (bicyclic) bond motifs is 5. The fourth-order valence-electron chi connectivity index (χ4n) is 4.79. The molecule has 4 saturated carbocycles. The van der Waals surface area contributed by atoms with Gasteiger partial charge in [0.15, 0.2) is 0 Å². The van der Waals surface area contributed by atoms with Crippen LogP contribution in [0.5, 0.6) is 0 Å². The van der Waals surface area contributed by atoms with E-state index in [4.69, 9.17) is 5.11 Å². The Morgan fingerprint density at radius 3 is 2.25 bits per heavy atom. The molecule has 88 valence electrons. The van der Waals surface area contributed by atoms with Crippen LogP contribution in [-0.2, 0) is 4.79 Å². The fraction of sp³-hybridized carbons (Fsp3) is 0.923. The highest BCUT2D eigenvalue weighted by molar-refractivity contribution is 5.72. The lowest BCUT2D eigenvalue weighted by molar-refractivity contribution is -0.146. The van der Waals surface area contributed by atoms with E-state index in [1.165, 1.54) is 19.3 Å². The van der Waals surface area contributed by atoms with Gasteiger partial charge in [0, 0.05) is 12.1 Å². The van der Waals surface area contributed by atoms with Gasteiger partial charge in [0.05, 0.1) is 5.92 Å². The van der Waals surface area contributed by atoms with E-state index in [-0.39, 0.29) is 12.0 Å². The van der Waals surface area contributed by atoms with Crippen LogP contribution in [0, 0.1) is 29.6 Å². The predicted octanol–water partition coefficient (Wildman–Crippen LogP) is 1.48. The summed E-state index contributed by atoms with van der Waals surface area (Å²) in [6.07, 6.45) is 6.30. The molecule has 0 aromatic carbocycles. The van der Waals surface area contributed by atoms with E-state index in [0.29, 0.717) is 6.04 Å². The zero-order valence-electron chi connectivity index (χ0n) is 9.43. The van der Waals surface area contributed by atoms with Crippen molar-refractivity contribution < 1.29 is 9.90 Å². The van der Waals surface area contributed by atoms with E-state index >= 15 is 0 Å². The van der Waals surface area contributed by atoms with Crippen LogP contribution in [0.3, 0.4) is 0 Å². The normalized spacial score (nSPS) is 56.9. The summed E-state index contributed by atoms with van der Waals surface area (Å²) in [5.74, 6) is 3.12. The molecule has 0 aromatic heterocycles. The van der Waals surface area contributed by atoms with Crippen LogP contribution in [0.25, 0.3) is 0 Å². The van der Waals surface area contributed by atoms with E-state index in [2.05, 4.69) is 5.32 Å². The molecule has 4 rings (SSSR count). The Bertz CT molecular complexity index is 327. The highest BCUT2D eigenvalue weighted by Crippen LogP contribution is 2.65. The largest absolute Gasteiger partial charge is 0.481 e. The summed E-state index contributed by atoms with van der Waals surface area (Å²) < 4.78 is 0. The molecule has 0 aromatic rings. The zero-order chi connectivity index (χ0) is 10.9. The molecule has 2 N–H and O–H groups in total. The molecular weight excluding hydrogens is 202 g/mol. The number of hydrogen-bond acceptors (Lipinski definition) is 2. The van der Waals surface area contributed by atoms with Gasteiger partial charge in [-0.25, -0.2) is 0 Å². The molecule has 6 atom stereocenters. The number of aliphatic carboxylic acids is 1. The Hall–Kier alpha value is -0.570. The molecule has 4 aliphatic carbocycles. The molecule has 0 heterocycles. The van der Waals surface area contributed by atoms with Crippen LogP contribution in [0.15, 0.2) is 0 Å². The number of carboxylic acids is 1. The van der Waals surface area contributed by atoms with E-state index in [0.717, 1.165) is 36.5 Å². The van der Waals surface area contributed by atoms with Gasteiger partial charge < -0.3 is 10.4 Å².